The molecule has 0 bridgehead atoms. The molecule has 3 rings (SSSR count). The van der Waals surface area contributed by atoms with Gasteiger partial charge < -0.3 is 26.6 Å². The van der Waals surface area contributed by atoms with E-state index < -0.39 is 0 Å². The fourth-order valence-corrected chi connectivity index (χ4v) is 3.63. The number of likely N-dealkylation sites (tertiary alicyclic amines) is 1. The molecule has 1 aromatic rings. The number of aliphatic imine (C=N–C) groups is 1. The maximum atomic E-state index is 12.3. The quantitative estimate of drug-likeness (QED) is 0.611. The van der Waals surface area contributed by atoms with Gasteiger partial charge in [-0.05, 0) is 57.4 Å². The number of carbonyl (C=O) groups excluding carboxylic acids is 1. The molecule has 2 aliphatic rings. The summed E-state index contributed by atoms with van der Waals surface area (Å²) in [4.78, 5) is 18.8. The summed E-state index contributed by atoms with van der Waals surface area (Å²) in [7, 11) is 1.92. The van der Waals surface area contributed by atoms with Gasteiger partial charge in [0.15, 0.2) is 0 Å². The van der Waals surface area contributed by atoms with Gasteiger partial charge in [0.2, 0.25) is 0 Å². The van der Waals surface area contributed by atoms with E-state index in [1.165, 1.54) is 6.42 Å². The van der Waals surface area contributed by atoms with Crippen LogP contribution in [-0.2, 0) is 6.42 Å². The zero-order valence-electron chi connectivity index (χ0n) is 18.2. The fourth-order valence-electron chi connectivity index (χ4n) is 3.63. The molecule has 0 aliphatic carbocycles. The molecule has 2 heterocycles. The molecule has 0 aromatic heterocycles. The normalized spacial score (nSPS) is 19.7. The van der Waals surface area contributed by atoms with E-state index in [1.807, 2.05) is 50.1 Å². The first-order valence-electron chi connectivity index (χ1n) is 10.7. The number of carbonyl (C=O) groups is 1. The number of hydrogen-bond donors (Lipinski definition) is 4. The molecule has 2 unspecified atom stereocenters. The largest absolute Gasteiger partial charge is 0.385 e. The smallest absolute Gasteiger partial charge is 0.321 e. The number of rotatable bonds is 5. The second kappa shape index (κ2) is 11.5. The highest BCUT2D eigenvalue weighted by molar-refractivity contribution is 5.89. The molecule has 29 heavy (non-hydrogen) atoms. The molecule has 1 fully saturated rings. The van der Waals surface area contributed by atoms with Crippen LogP contribution in [0.5, 0.6) is 0 Å². The summed E-state index contributed by atoms with van der Waals surface area (Å²) in [5.41, 5.74) is 9.18. The van der Waals surface area contributed by atoms with E-state index in [0.717, 1.165) is 49.2 Å². The number of urea groups is 1. The van der Waals surface area contributed by atoms with Gasteiger partial charge in [0.05, 0.1) is 12.4 Å². The van der Waals surface area contributed by atoms with Crippen molar-refractivity contribution in [2.75, 3.05) is 25.5 Å². The van der Waals surface area contributed by atoms with Crippen LogP contribution >= 0.6 is 0 Å². The zero-order valence-corrected chi connectivity index (χ0v) is 18.2. The Bertz CT molecular complexity index is 707. The number of amides is 2. The van der Waals surface area contributed by atoms with Gasteiger partial charge in [0.25, 0.3) is 0 Å². The van der Waals surface area contributed by atoms with E-state index >= 15 is 0 Å². The van der Waals surface area contributed by atoms with Crippen molar-refractivity contribution in [1.82, 2.24) is 15.5 Å². The molecule has 2 atom stereocenters. The molecule has 7 nitrogen and oxygen atoms in total. The summed E-state index contributed by atoms with van der Waals surface area (Å²) in [5.74, 6) is 0.669. The summed E-state index contributed by atoms with van der Waals surface area (Å²) < 4.78 is 0. The van der Waals surface area contributed by atoms with Crippen LogP contribution in [0, 0.1) is 0 Å². The Morgan fingerprint density at radius 3 is 2.52 bits per heavy atom. The van der Waals surface area contributed by atoms with Gasteiger partial charge in [-0.2, -0.15) is 0 Å². The van der Waals surface area contributed by atoms with Crippen LogP contribution < -0.4 is 21.7 Å². The molecule has 2 amide bonds. The summed E-state index contributed by atoms with van der Waals surface area (Å²) in [6, 6.07) is 8.13. The number of nitrogens with one attached hydrogen (secondary N) is 3. The van der Waals surface area contributed by atoms with Crippen LogP contribution in [-0.4, -0.2) is 49.5 Å². The van der Waals surface area contributed by atoms with Crippen LogP contribution in [0.4, 0.5) is 10.5 Å². The minimum Gasteiger partial charge on any atom is -0.385 e. The topological polar surface area (TPSA) is 94.8 Å². The highest BCUT2D eigenvalue weighted by Crippen LogP contribution is 2.21. The average molecular weight is 401 g/mol. The van der Waals surface area contributed by atoms with Crippen LogP contribution in [0.1, 0.15) is 45.6 Å². The Balaban J connectivity index is 0.00000145. The van der Waals surface area contributed by atoms with Crippen molar-refractivity contribution in [3.63, 3.8) is 0 Å². The van der Waals surface area contributed by atoms with Crippen molar-refractivity contribution in [3.8, 4) is 0 Å². The fraction of sp³-hybridized carbons (Fsp3) is 0.545. The first kappa shape index (κ1) is 22.7. The Kier molecular flexibility index (Phi) is 8.99. The van der Waals surface area contributed by atoms with Crippen LogP contribution in [0.3, 0.4) is 0 Å². The van der Waals surface area contributed by atoms with Crippen LogP contribution in [0.15, 0.2) is 40.7 Å². The van der Waals surface area contributed by atoms with Gasteiger partial charge in [-0.15, -0.1) is 0 Å². The van der Waals surface area contributed by atoms with Gasteiger partial charge in [0.1, 0.15) is 5.82 Å². The molecule has 0 saturated carbocycles. The lowest BCUT2D eigenvalue weighted by Gasteiger charge is -2.27. The molecule has 5 N–H and O–H groups in total. The molecule has 2 aliphatic heterocycles. The third kappa shape index (κ3) is 6.22. The lowest BCUT2D eigenvalue weighted by atomic mass is 9.93. The first-order chi connectivity index (χ1) is 14.1. The average Bonchev–Trinajstić information content (AvgIpc) is 2.77. The van der Waals surface area contributed by atoms with Gasteiger partial charge in [0, 0.05) is 30.4 Å². The predicted octanol–water partition coefficient (Wildman–Crippen LogP) is 3.05. The molecule has 7 heteroatoms. The number of anilines is 1. The summed E-state index contributed by atoms with van der Waals surface area (Å²) in [6.07, 6.45) is 5.82. The van der Waals surface area contributed by atoms with Gasteiger partial charge in [-0.1, -0.05) is 26.0 Å². The maximum absolute atomic E-state index is 12.3. The van der Waals surface area contributed by atoms with Crippen molar-refractivity contribution in [2.24, 2.45) is 10.7 Å². The highest BCUT2D eigenvalue weighted by atomic mass is 16.2. The van der Waals surface area contributed by atoms with Crippen LogP contribution in [0.25, 0.3) is 0 Å². The zero-order chi connectivity index (χ0) is 21.2. The molecule has 0 radical (unpaired) electrons. The minimum atomic E-state index is -0.00811. The van der Waals surface area contributed by atoms with E-state index in [1.54, 1.807) is 6.34 Å². The second-order valence-corrected chi connectivity index (χ2v) is 7.20. The summed E-state index contributed by atoms with van der Waals surface area (Å²) in [5, 5.41) is 9.23. The Labute approximate surface area is 174 Å². The van der Waals surface area contributed by atoms with E-state index in [-0.39, 0.29) is 18.1 Å². The van der Waals surface area contributed by atoms with Crippen molar-refractivity contribution < 1.29 is 4.79 Å². The number of likely N-dealkylation sites (N-methyl/N-ethyl adjacent to an activating group) is 1. The molecule has 160 valence electrons. The first-order valence-corrected chi connectivity index (χ1v) is 10.7. The molecular formula is C22H36N6O. The number of nitrogens with two attached hydrogens (primary N) is 1. The Morgan fingerprint density at radius 2 is 1.90 bits per heavy atom. The lowest BCUT2D eigenvalue weighted by molar-refractivity contribution is 0.200. The Morgan fingerprint density at radius 1 is 1.24 bits per heavy atom. The monoisotopic (exact) mass is 400 g/mol. The summed E-state index contributed by atoms with van der Waals surface area (Å²) in [6.45, 7) is 7.77. The van der Waals surface area contributed by atoms with Crippen molar-refractivity contribution in [2.45, 2.75) is 58.5 Å². The van der Waals surface area contributed by atoms with Crippen molar-refractivity contribution in [1.29, 1.82) is 0 Å². The Hall–Kier alpha value is -2.54. The van der Waals surface area contributed by atoms with Gasteiger partial charge >= 0.3 is 6.03 Å². The van der Waals surface area contributed by atoms with Crippen molar-refractivity contribution in [3.05, 3.63) is 41.2 Å². The van der Waals surface area contributed by atoms with E-state index in [0.29, 0.717) is 5.82 Å². The molecule has 1 aromatic carbocycles. The maximum Gasteiger partial charge on any atom is 0.321 e. The van der Waals surface area contributed by atoms with Gasteiger partial charge in [-0.3, -0.25) is 4.99 Å². The lowest BCUT2D eigenvalue weighted by Crippen LogP contribution is -2.39. The van der Waals surface area contributed by atoms with E-state index in [9.17, 15) is 4.79 Å². The van der Waals surface area contributed by atoms with E-state index in [4.69, 9.17) is 5.73 Å². The van der Waals surface area contributed by atoms with Gasteiger partial charge in [-0.25, -0.2) is 4.79 Å². The second-order valence-electron chi connectivity index (χ2n) is 7.20. The molecular weight excluding hydrogens is 364 g/mol. The third-order valence-electron chi connectivity index (χ3n) is 5.32. The highest BCUT2D eigenvalue weighted by Gasteiger charge is 2.24. The van der Waals surface area contributed by atoms with Crippen LogP contribution in [0.2, 0.25) is 0 Å². The minimum absolute atomic E-state index is 0.00231. The van der Waals surface area contributed by atoms with E-state index in [2.05, 4.69) is 27.9 Å². The van der Waals surface area contributed by atoms with Crippen molar-refractivity contribution >= 4 is 18.1 Å². The number of benzene rings is 1. The summed E-state index contributed by atoms with van der Waals surface area (Å²) >= 11 is 0. The number of nitrogens with zero attached hydrogens (tertiary/aromatic N) is 2. The molecule has 1 saturated heterocycles. The predicted molar refractivity (Wildman–Crippen MR) is 121 cm³/mol. The SMILES string of the molecule is CC.CNC(C)C1=C(N)NC=NC1Cc1ccc(NC(=O)N2CCCCC2)cc1. The number of hydrogen-bond acceptors (Lipinski definition) is 5. The molecule has 0 spiro atoms. The number of piperidine rings is 1. The standard InChI is InChI=1S/C20H30N6O.C2H6/c1-14(22-2)18-17(23-13-24-19(18)21)12-15-6-8-16(9-7-15)25-20(27)26-10-4-3-5-11-26;1-2/h6-9,13-14,17,22H,3-5,10-12,21H2,1-2H3,(H,23,24)(H,25,27);1-2H3. The third-order valence-corrected chi connectivity index (χ3v) is 5.32.